The second-order valence-corrected chi connectivity index (χ2v) is 6.42. The van der Waals surface area contributed by atoms with Gasteiger partial charge in [-0.1, -0.05) is 0 Å². The van der Waals surface area contributed by atoms with E-state index < -0.39 is 5.97 Å². The second kappa shape index (κ2) is 14.7. The topological polar surface area (TPSA) is 105 Å². The summed E-state index contributed by atoms with van der Waals surface area (Å²) in [5.74, 6) is -0.742. The van der Waals surface area contributed by atoms with Crippen molar-refractivity contribution in [2.45, 2.75) is 6.92 Å². The lowest BCUT2D eigenvalue weighted by atomic mass is 10.3. The van der Waals surface area contributed by atoms with Gasteiger partial charge in [-0.2, -0.15) is 0 Å². The number of aldehydes is 1. The Morgan fingerprint density at radius 2 is 1.27 bits per heavy atom. The number of carboxylic acids is 1. The van der Waals surface area contributed by atoms with Gasteiger partial charge in [0.25, 0.3) is 0 Å². The summed E-state index contributed by atoms with van der Waals surface area (Å²) in [5, 5.41) is 16.1. The van der Waals surface area contributed by atoms with Crippen molar-refractivity contribution < 1.29 is 24.6 Å². The van der Waals surface area contributed by atoms with E-state index in [1.165, 1.54) is 0 Å². The maximum Gasteiger partial charge on any atom is 0.317 e. The molecule has 152 valence electrons. The molecule has 0 saturated carbocycles. The van der Waals surface area contributed by atoms with E-state index in [1.807, 2.05) is 16.8 Å². The highest BCUT2D eigenvalue weighted by Gasteiger charge is 2.17. The highest BCUT2D eigenvalue weighted by molar-refractivity contribution is 5.77. The molecule has 1 rings (SSSR count). The lowest BCUT2D eigenvalue weighted by Gasteiger charge is -2.31. The second-order valence-electron chi connectivity index (χ2n) is 6.42. The Labute approximate surface area is 156 Å². The number of aliphatic carboxylic acids is 1. The third kappa shape index (κ3) is 12.0. The summed E-state index contributed by atoms with van der Waals surface area (Å²) in [7, 11) is 3.01. The van der Waals surface area contributed by atoms with Gasteiger partial charge in [0, 0.05) is 59.5 Å². The van der Waals surface area contributed by atoms with Crippen molar-refractivity contribution in [1.29, 1.82) is 0 Å². The van der Waals surface area contributed by atoms with Crippen LogP contribution in [-0.4, -0.2) is 134 Å². The van der Waals surface area contributed by atoms with Gasteiger partial charge in [-0.05, 0) is 14.0 Å². The molecular formula is C17H34N4O5. The number of aliphatic hydroxyl groups excluding tert-OH is 1. The van der Waals surface area contributed by atoms with E-state index in [-0.39, 0.29) is 12.3 Å². The number of carbonyl (C=O) groups excluding carboxylic acids is 2. The summed E-state index contributed by atoms with van der Waals surface area (Å²) in [6, 6.07) is 0. The van der Waals surface area contributed by atoms with Crippen molar-refractivity contribution >= 4 is 18.0 Å². The minimum Gasteiger partial charge on any atom is -0.480 e. The Balaban J connectivity index is 0.00000301. The molecule has 26 heavy (non-hydrogen) atoms. The summed E-state index contributed by atoms with van der Waals surface area (Å²) in [5.41, 5.74) is 0. The fourth-order valence-electron chi connectivity index (χ4n) is 2.75. The van der Waals surface area contributed by atoms with Crippen molar-refractivity contribution in [3.05, 3.63) is 0 Å². The van der Waals surface area contributed by atoms with E-state index in [2.05, 4.69) is 9.80 Å². The molecule has 1 aliphatic rings. The number of carbonyl (C=O) groups is 3. The lowest BCUT2D eigenvalue weighted by Crippen LogP contribution is -2.47. The Morgan fingerprint density at radius 1 is 0.846 bits per heavy atom. The predicted molar refractivity (Wildman–Crippen MR) is 99.3 cm³/mol. The van der Waals surface area contributed by atoms with Crippen LogP contribution in [0.3, 0.4) is 0 Å². The Morgan fingerprint density at radius 3 is 1.73 bits per heavy atom. The molecule has 1 saturated heterocycles. The maximum absolute atomic E-state index is 11.5. The summed E-state index contributed by atoms with van der Waals surface area (Å²) in [4.78, 5) is 41.6. The zero-order valence-electron chi connectivity index (χ0n) is 16.3. The van der Waals surface area contributed by atoms with Crippen molar-refractivity contribution in [2.24, 2.45) is 0 Å². The third-order valence-electron chi connectivity index (χ3n) is 4.20. The van der Waals surface area contributed by atoms with Crippen LogP contribution >= 0.6 is 0 Å². The number of hydrogen-bond donors (Lipinski definition) is 2. The summed E-state index contributed by atoms with van der Waals surface area (Å²) in [6.45, 7) is 8.04. The number of nitrogens with zero attached hydrogens (tertiary/aromatic N) is 4. The van der Waals surface area contributed by atoms with E-state index in [4.69, 9.17) is 10.2 Å². The molecule has 1 heterocycles. The van der Waals surface area contributed by atoms with Crippen LogP contribution in [-0.2, 0) is 14.4 Å². The maximum atomic E-state index is 11.5. The molecule has 0 radical (unpaired) electrons. The van der Waals surface area contributed by atoms with Gasteiger partial charge in [0.1, 0.15) is 12.1 Å². The fourth-order valence-corrected chi connectivity index (χ4v) is 2.75. The monoisotopic (exact) mass is 374 g/mol. The minimum atomic E-state index is -0.833. The molecule has 1 fully saturated rings. The van der Waals surface area contributed by atoms with E-state index in [9.17, 15) is 14.4 Å². The van der Waals surface area contributed by atoms with Crippen molar-refractivity contribution in [3.8, 4) is 0 Å². The molecule has 0 aliphatic carbocycles. The van der Waals surface area contributed by atoms with E-state index in [0.717, 1.165) is 39.6 Å². The number of ketones is 1. The van der Waals surface area contributed by atoms with Gasteiger partial charge >= 0.3 is 5.97 Å². The predicted octanol–water partition coefficient (Wildman–Crippen LogP) is -1.68. The first-order valence-corrected chi connectivity index (χ1v) is 8.86. The molecule has 0 bridgehead atoms. The molecule has 0 aromatic carbocycles. The number of carboxylic acid groups (broad SMARTS) is 1. The average Bonchev–Trinajstić information content (AvgIpc) is 2.59. The van der Waals surface area contributed by atoms with Crippen LogP contribution < -0.4 is 0 Å². The Bertz CT molecular complexity index is 422. The van der Waals surface area contributed by atoms with Gasteiger partial charge < -0.3 is 19.9 Å². The largest absolute Gasteiger partial charge is 0.480 e. The molecule has 0 unspecified atom stereocenters. The molecule has 1 aliphatic heterocycles. The van der Waals surface area contributed by atoms with E-state index in [0.29, 0.717) is 39.3 Å². The normalized spacial score (nSPS) is 19.5. The van der Waals surface area contributed by atoms with Gasteiger partial charge in [-0.25, -0.2) is 0 Å². The first-order valence-electron chi connectivity index (χ1n) is 8.86. The number of likely N-dealkylation sites (N-methyl/N-ethyl adjacent to an activating group) is 1. The summed E-state index contributed by atoms with van der Waals surface area (Å²) < 4.78 is 0. The molecule has 9 nitrogen and oxygen atoms in total. The Hall–Kier alpha value is -1.39. The standard InChI is InChI=1S/C16H30N4O4.CH4O/c1-15(22)13-19-8-7-18(11-12-21)5-3-17(2)4-6-20(10-9-19)14-16(23)24;1-2/h12H,3-11,13-14H2,1-2H3,(H,23,24);2H,1H3. The quantitative estimate of drug-likeness (QED) is 0.527. The molecule has 9 heteroatoms. The van der Waals surface area contributed by atoms with Gasteiger partial charge in [0.15, 0.2) is 0 Å². The number of Topliss-reactive ketones (excluding diaryl/α,β-unsaturated/α-hetero) is 1. The molecule has 0 aromatic rings. The SMILES string of the molecule is CC(=O)CN1CCN(CC=O)CCN(C)CCN(CC(=O)O)CC1.CO. The van der Waals surface area contributed by atoms with Gasteiger partial charge in [-0.3, -0.25) is 24.3 Å². The lowest BCUT2D eigenvalue weighted by molar-refractivity contribution is -0.138. The van der Waals surface area contributed by atoms with Gasteiger partial charge in [-0.15, -0.1) is 0 Å². The van der Waals surface area contributed by atoms with E-state index in [1.54, 1.807) is 6.92 Å². The van der Waals surface area contributed by atoms with Gasteiger partial charge in [0.2, 0.25) is 0 Å². The van der Waals surface area contributed by atoms with Crippen LogP contribution in [0.2, 0.25) is 0 Å². The van der Waals surface area contributed by atoms with Gasteiger partial charge in [0.05, 0.1) is 19.6 Å². The van der Waals surface area contributed by atoms with Crippen molar-refractivity contribution in [1.82, 2.24) is 19.6 Å². The molecule has 0 aromatic heterocycles. The first kappa shape index (κ1) is 24.6. The summed E-state index contributed by atoms with van der Waals surface area (Å²) >= 11 is 0. The molecule has 0 spiro atoms. The summed E-state index contributed by atoms with van der Waals surface area (Å²) in [6.07, 6.45) is 0.912. The van der Waals surface area contributed by atoms with Crippen LogP contribution in [0.25, 0.3) is 0 Å². The number of rotatable bonds is 6. The zero-order valence-corrected chi connectivity index (χ0v) is 16.3. The van der Waals surface area contributed by atoms with Crippen LogP contribution in [0.5, 0.6) is 0 Å². The van der Waals surface area contributed by atoms with Crippen molar-refractivity contribution in [2.75, 3.05) is 86.1 Å². The molecule has 0 amide bonds. The van der Waals surface area contributed by atoms with Crippen LogP contribution in [0.4, 0.5) is 0 Å². The zero-order chi connectivity index (χ0) is 19.9. The average molecular weight is 374 g/mol. The number of aliphatic hydroxyl groups is 1. The number of hydrogen-bond acceptors (Lipinski definition) is 8. The first-order chi connectivity index (χ1) is 12.4. The Kier molecular flexibility index (Phi) is 14.0. The minimum absolute atomic E-state index is 0.0129. The van der Waals surface area contributed by atoms with Crippen molar-refractivity contribution in [3.63, 3.8) is 0 Å². The smallest absolute Gasteiger partial charge is 0.317 e. The van der Waals surface area contributed by atoms with Crippen LogP contribution in [0.1, 0.15) is 6.92 Å². The fraction of sp³-hybridized carbons (Fsp3) is 0.824. The molecule has 0 atom stereocenters. The van der Waals surface area contributed by atoms with Crippen LogP contribution in [0.15, 0.2) is 0 Å². The third-order valence-corrected chi connectivity index (χ3v) is 4.20. The highest BCUT2D eigenvalue weighted by Crippen LogP contribution is 1.99. The van der Waals surface area contributed by atoms with Crippen LogP contribution in [0, 0.1) is 0 Å². The molecule has 2 N–H and O–H groups in total. The highest BCUT2D eigenvalue weighted by atomic mass is 16.4. The van der Waals surface area contributed by atoms with E-state index >= 15 is 0 Å². The molecular weight excluding hydrogens is 340 g/mol.